The van der Waals surface area contributed by atoms with E-state index in [4.69, 9.17) is 9.47 Å². The van der Waals surface area contributed by atoms with Crippen LogP contribution in [0.5, 0.6) is 5.75 Å². The van der Waals surface area contributed by atoms with Gasteiger partial charge in [0.1, 0.15) is 17.9 Å². The van der Waals surface area contributed by atoms with E-state index in [1.807, 2.05) is 43.3 Å². The molecule has 1 heterocycles. The third-order valence-corrected chi connectivity index (χ3v) is 3.96. The van der Waals surface area contributed by atoms with Crippen LogP contribution in [-0.4, -0.2) is 32.1 Å². The fraction of sp³-hybridized carbons (Fsp3) is 0.200. The van der Waals surface area contributed by atoms with Crippen molar-refractivity contribution < 1.29 is 19.1 Å². The molecule has 2 aromatic rings. The first-order valence-corrected chi connectivity index (χ1v) is 8.24. The van der Waals surface area contributed by atoms with Gasteiger partial charge in [0, 0.05) is 7.11 Å². The van der Waals surface area contributed by atoms with Gasteiger partial charge >= 0.3 is 0 Å². The normalized spacial score (nSPS) is 15.5. The third kappa shape index (κ3) is 3.75. The number of hydrogen-bond acceptors (Lipinski definition) is 4. The minimum absolute atomic E-state index is 0.0984. The van der Waals surface area contributed by atoms with E-state index < -0.39 is 5.91 Å². The minimum Gasteiger partial charge on any atom is -0.491 e. The van der Waals surface area contributed by atoms with Crippen molar-refractivity contribution in [1.82, 2.24) is 5.43 Å². The summed E-state index contributed by atoms with van der Waals surface area (Å²) in [7, 11) is 1.62. The first-order chi connectivity index (χ1) is 12.6. The number of anilines is 1. The molecule has 0 unspecified atom stereocenters. The van der Waals surface area contributed by atoms with E-state index >= 15 is 0 Å². The molecule has 1 aliphatic heterocycles. The van der Waals surface area contributed by atoms with Crippen LogP contribution in [0.1, 0.15) is 11.1 Å². The van der Waals surface area contributed by atoms with Gasteiger partial charge in [0.25, 0.3) is 11.8 Å². The molecule has 26 heavy (non-hydrogen) atoms. The molecule has 1 N–H and O–H groups in total. The summed E-state index contributed by atoms with van der Waals surface area (Å²) in [5.41, 5.74) is 4.98. The Morgan fingerprint density at radius 2 is 1.85 bits per heavy atom. The number of ether oxygens (including phenoxy) is 2. The molecule has 0 saturated carbocycles. The average Bonchev–Trinajstić information content (AvgIpc) is 2.92. The summed E-state index contributed by atoms with van der Waals surface area (Å²) >= 11 is 0. The van der Waals surface area contributed by atoms with E-state index in [0.717, 1.165) is 16.9 Å². The Bertz CT molecular complexity index is 846. The number of hydrogen-bond donors (Lipinski definition) is 1. The van der Waals surface area contributed by atoms with Crippen LogP contribution in [-0.2, 0) is 14.3 Å². The van der Waals surface area contributed by atoms with Gasteiger partial charge in [-0.2, -0.15) is 0 Å². The van der Waals surface area contributed by atoms with Crippen LogP contribution < -0.4 is 15.2 Å². The topological polar surface area (TPSA) is 67.9 Å². The zero-order chi connectivity index (χ0) is 18.5. The summed E-state index contributed by atoms with van der Waals surface area (Å²) in [6, 6.07) is 14.5. The Hall–Kier alpha value is -3.12. The van der Waals surface area contributed by atoms with Crippen molar-refractivity contribution in [3.8, 4) is 5.75 Å². The lowest BCUT2D eigenvalue weighted by atomic mass is 10.1. The Kier molecular flexibility index (Phi) is 5.34. The highest BCUT2D eigenvalue weighted by atomic mass is 16.5. The number of carbonyl (C=O) groups is 2. The number of nitrogens with one attached hydrogen (secondary N) is 1. The Morgan fingerprint density at radius 3 is 2.54 bits per heavy atom. The monoisotopic (exact) mass is 352 g/mol. The molecular formula is C20H20N2O4. The maximum Gasteiger partial charge on any atom is 0.282 e. The molecule has 0 bridgehead atoms. The highest BCUT2D eigenvalue weighted by Crippen LogP contribution is 2.24. The standard InChI is InChI=1S/C20H20N2O4/c1-14-12-15(8-9-18(14)26-11-10-25-2)13-17-19(23)21-22(20(17)24)16-6-4-3-5-7-16/h3-9,12-13H,10-11H2,1-2H3,(H,21,23)/b17-13-. The lowest BCUT2D eigenvalue weighted by Crippen LogP contribution is -2.35. The fourth-order valence-corrected chi connectivity index (χ4v) is 2.64. The molecule has 134 valence electrons. The Morgan fingerprint density at radius 1 is 1.08 bits per heavy atom. The lowest BCUT2D eigenvalue weighted by Gasteiger charge is -2.13. The number of aryl methyl sites for hydroxylation is 1. The summed E-state index contributed by atoms with van der Waals surface area (Å²) in [4.78, 5) is 24.8. The SMILES string of the molecule is COCCOc1ccc(/C=C2/C(=O)NN(c3ccccc3)C2=O)cc1C. The molecular weight excluding hydrogens is 332 g/mol. The molecule has 1 saturated heterocycles. The van der Waals surface area contributed by atoms with Crippen LogP contribution in [0.4, 0.5) is 5.69 Å². The molecule has 0 aliphatic carbocycles. The van der Waals surface area contributed by atoms with Gasteiger partial charge in [0.05, 0.1) is 12.3 Å². The molecule has 0 radical (unpaired) electrons. The van der Waals surface area contributed by atoms with Gasteiger partial charge in [-0.25, -0.2) is 5.01 Å². The summed E-state index contributed by atoms with van der Waals surface area (Å²) in [6.07, 6.45) is 1.59. The summed E-state index contributed by atoms with van der Waals surface area (Å²) < 4.78 is 10.6. The van der Waals surface area contributed by atoms with Gasteiger partial charge in [-0.15, -0.1) is 0 Å². The van der Waals surface area contributed by atoms with Crippen molar-refractivity contribution in [2.45, 2.75) is 6.92 Å². The van der Waals surface area contributed by atoms with Gasteiger partial charge < -0.3 is 9.47 Å². The number of hydrazine groups is 1. The van der Waals surface area contributed by atoms with Crippen LogP contribution in [0.2, 0.25) is 0 Å². The lowest BCUT2D eigenvalue weighted by molar-refractivity contribution is -0.117. The van der Waals surface area contributed by atoms with Crippen molar-refractivity contribution in [3.63, 3.8) is 0 Å². The number of amides is 2. The molecule has 2 aromatic carbocycles. The molecule has 1 fully saturated rings. The molecule has 0 spiro atoms. The highest BCUT2D eigenvalue weighted by molar-refractivity contribution is 6.31. The zero-order valence-corrected chi connectivity index (χ0v) is 14.7. The third-order valence-electron chi connectivity index (χ3n) is 3.96. The molecule has 6 heteroatoms. The van der Waals surface area contributed by atoms with Gasteiger partial charge in [0.2, 0.25) is 0 Å². The maximum absolute atomic E-state index is 12.6. The number of benzene rings is 2. The van der Waals surface area contributed by atoms with Crippen LogP contribution in [0.3, 0.4) is 0 Å². The van der Waals surface area contributed by atoms with E-state index in [1.54, 1.807) is 25.3 Å². The van der Waals surface area contributed by atoms with Crippen LogP contribution in [0, 0.1) is 6.92 Å². The predicted molar refractivity (Wildman–Crippen MR) is 98.6 cm³/mol. The van der Waals surface area contributed by atoms with Crippen molar-refractivity contribution in [2.75, 3.05) is 25.3 Å². The molecule has 0 aromatic heterocycles. The smallest absolute Gasteiger partial charge is 0.282 e. The second-order valence-corrected chi connectivity index (χ2v) is 5.84. The first kappa shape index (κ1) is 17.7. The van der Waals surface area contributed by atoms with Gasteiger partial charge in [-0.05, 0) is 48.4 Å². The van der Waals surface area contributed by atoms with Crippen LogP contribution in [0.15, 0.2) is 54.1 Å². The maximum atomic E-state index is 12.6. The second-order valence-electron chi connectivity index (χ2n) is 5.84. The summed E-state index contributed by atoms with van der Waals surface area (Å²) in [5.74, 6) is -0.0477. The summed E-state index contributed by atoms with van der Waals surface area (Å²) in [6.45, 7) is 2.89. The average molecular weight is 352 g/mol. The quantitative estimate of drug-likeness (QED) is 0.493. The molecule has 1 aliphatic rings. The minimum atomic E-state index is -0.420. The van der Waals surface area contributed by atoms with Crippen molar-refractivity contribution in [1.29, 1.82) is 0 Å². The number of carbonyl (C=O) groups excluding carboxylic acids is 2. The largest absolute Gasteiger partial charge is 0.491 e. The van der Waals surface area contributed by atoms with Crippen molar-refractivity contribution in [2.24, 2.45) is 0 Å². The Labute approximate surface area is 152 Å². The number of methoxy groups -OCH3 is 1. The van der Waals surface area contributed by atoms with E-state index in [2.05, 4.69) is 5.43 Å². The number of rotatable bonds is 6. The molecule has 0 atom stereocenters. The zero-order valence-electron chi connectivity index (χ0n) is 14.7. The van der Waals surface area contributed by atoms with Gasteiger partial charge in [0.15, 0.2) is 0 Å². The Balaban J connectivity index is 1.80. The van der Waals surface area contributed by atoms with Crippen molar-refractivity contribution >= 4 is 23.6 Å². The van der Waals surface area contributed by atoms with E-state index in [-0.39, 0.29) is 11.5 Å². The van der Waals surface area contributed by atoms with Crippen LogP contribution >= 0.6 is 0 Å². The molecule has 2 amide bonds. The molecule has 3 rings (SSSR count). The van der Waals surface area contributed by atoms with Gasteiger partial charge in [-0.3, -0.25) is 15.0 Å². The van der Waals surface area contributed by atoms with Crippen LogP contribution in [0.25, 0.3) is 6.08 Å². The van der Waals surface area contributed by atoms with Gasteiger partial charge in [-0.1, -0.05) is 24.3 Å². The fourth-order valence-electron chi connectivity index (χ4n) is 2.64. The number of nitrogens with zero attached hydrogens (tertiary/aromatic N) is 1. The summed E-state index contributed by atoms with van der Waals surface area (Å²) in [5, 5.41) is 1.25. The number of para-hydroxylation sites is 1. The van der Waals surface area contributed by atoms with E-state index in [9.17, 15) is 9.59 Å². The highest BCUT2D eigenvalue weighted by Gasteiger charge is 2.34. The second kappa shape index (κ2) is 7.84. The predicted octanol–water partition coefficient (Wildman–Crippen LogP) is 2.48. The molecule has 6 nitrogen and oxygen atoms in total. The van der Waals surface area contributed by atoms with E-state index in [1.165, 1.54) is 5.01 Å². The van der Waals surface area contributed by atoms with E-state index in [0.29, 0.717) is 18.9 Å². The van der Waals surface area contributed by atoms with Crippen molar-refractivity contribution in [3.05, 3.63) is 65.2 Å². The first-order valence-electron chi connectivity index (χ1n) is 8.24.